The zero-order valence-corrected chi connectivity index (χ0v) is 56.8. The number of nitrogens with one attached hydrogen (secondary N) is 2. The Morgan fingerprint density at radius 1 is 0.777 bits per heavy atom. The number of nitrogens with zero attached hydrogens (tertiary/aromatic N) is 5. The molecule has 0 saturated carbocycles. The molecule has 2 fully saturated rings. The average molecular weight is 1350 g/mol. The smallest absolute Gasteiger partial charge is 0.386 e. The fourth-order valence-electron chi connectivity index (χ4n) is 15.6. The number of allylic oxidation sites excluding steroid dienone is 6. The van der Waals surface area contributed by atoms with Crippen LogP contribution in [0.4, 0.5) is 0 Å². The second kappa shape index (κ2) is 27.0. The van der Waals surface area contributed by atoms with Gasteiger partial charge in [0.15, 0.2) is 6.23 Å². The van der Waals surface area contributed by atoms with Gasteiger partial charge in [0.05, 0.1) is 41.7 Å². The van der Waals surface area contributed by atoms with Gasteiger partial charge in [-0.2, -0.15) is 0 Å². The largest absolute Gasteiger partial charge is 0.472 e. The van der Waals surface area contributed by atoms with E-state index >= 15 is 0 Å². The molecule has 1 aromatic carbocycles. The summed E-state index contributed by atoms with van der Waals surface area (Å²) in [7, 11) is -10.4. The second-order valence-corrected chi connectivity index (χ2v) is 30.3. The Balaban J connectivity index is 1.19. The highest BCUT2D eigenvalue weighted by molar-refractivity contribution is 7.47. The number of amides is 7. The number of ether oxygens (including phenoxy) is 1. The number of hydrogen-bond acceptors (Lipinski definition) is 19. The summed E-state index contributed by atoms with van der Waals surface area (Å²) in [6.45, 7) is 18.6. The maximum absolute atomic E-state index is 14.4. The molecule has 1 aromatic heterocycles. The minimum absolute atomic E-state index is 0.0467. The van der Waals surface area contributed by atoms with E-state index in [2.05, 4.69) is 15.6 Å². The number of nitrogens with two attached hydrogens (primary N) is 6. The first-order valence-corrected chi connectivity index (χ1v) is 34.3. The highest BCUT2D eigenvalue weighted by Gasteiger charge is 2.66. The topological polar surface area (TPSA) is 507 Å². The van der Waals surface area contributed by atoms with Crippen molar-refractivity contribution in [1.82, 2.24) is 20.2 Å². The number of aliphatic hydroxyl groups is 1. The van der Waals surface area contributed by atoms with Crippen molar-refractivity contribution in [2.75, 3.05) is 13.2 Å². The van der Waals surface area contributed by atoms with E-state index in [0.29, 0.717) is 56.4 Å². The van der Waals surface area contributed by atoms with Gasteiger partial charge in [-0.1, -0.05) is 34.6 Å². The van der Waals surface area contributed by atoms with Crippen LogP contribution in [0.3, 0.4) is 0 Å². The van der Waals surface area contributed by atoms with Crippen molar-refractivity contribution in [1.29, 1.82) is 0 Å². The van der Waals surface area contributed by atoms with Crippen LogP contribution < -0.4 is 45.0 Å². The van der Waals surface area contributed by atoms with Gasteiger partial charge < -0.3 is 74.1 Å². The highest BCUT2D eigenvalue weighted by Crippen LogP contribution is 2.63. The molecule has 30 nitrogen and oxygen atoms in total. The van der Waals surface area contributed by atoms with Gasteiger partial charge in [-0.05, 0) is 108 Å². The molecule has 8 bridgehead atoms. The number of rotatable bonds is 28. The van der Waals surface area contributed by atoms with Crippen LogP contribution >= 0.6 is 15.6 Å². The number of fused-ring (bicyclic) bond motifs is 7. The third-order valence-electron chi connectivity index (χ3n) is 20.8. The molecule has 2 aromatic rings. The third-order valence-corrected chi connectivity index (χ3v) is 22.4. The standard InChI is InChI=1S/C62H91N13O17P2/c1-29-20-39-40(21-30(29)2)75(28-70-39)57-52(83)53(41(90-57)27-89-93(84,85)86)92-94(87,88)91-31(3)26-69-49(82)18-19-59(8)37(22-46(66)79)56-62(11)61(10,25-48(68)81)36(14-17-45(65)78)51(74-62)33(5)55-60(9,24-47(67)80)34(12-15-43(63)76)38(71-55)23-42-58(6,7)35(13-16-44(64)77)50(72-42)32(4)54(59)73-56/h20-21,23,28,31,34-37,41,52-53,56-57,71,83H,12-19,22,24-27H2,1-11H3,(H2,63,76)(H2,64,77)(H2,65,78)(H2,66,79)(H2,67,80)(H2,68,81)(H,69,82)(H,87,88)(H2,84,85,86)/t31-,34-,35-,36-,37-,41-,52-,53-,56+,57+,59+,60-,61-,62-/m1/s1. The molecule has 7 amide bonds. The van der Waals surface area contributed by atoms with Crippen molar-refractivity contribution >= 4 is 85.2 Å². The second-order valence-electron chi connectivity index (χ2n) is 27.7. The number of phosphoric acid groups is 2. The van der Waals surface area contributed by atoms with Crippen molar-refractivity contribution < 1.29 is 80.8 Å². The van der Waals surface area contributed by atoms with Gasteiger partial charge in [0.2, 0.25) is 41.4 Å². The van der Waals surface area contributed by atoms with Crippen molar-refractivity contribution in [3.63, 3.8) is 0 Å². The van der Waals surface area contributed by atoms with Crippen LogP contribution in [-0.4, -0.2) is 137 Å². The Hall–Kier alpha value is -6.85. The monoisotopic (exact) mass is 1350 g/mol. The predicted octanol–water partition coefficient (Wildman–Crippen LogP) is 3.28. The summed E-state index contributed by atoms with van der Waals surface area (Å²) in [6.07, 6.45) is -5.68. The van der Waals surface area contributed by atoms with Gasteiger partial charge in [-0.15, -0.1) is 0 Å². The van der Waals surface area contributed by atoms with Gasteiger partial charge in [0.1, 0.15) is 18.3 Å². The van der Waals surface area contributed by atoms with E-state index in [4.69, 9.17) is 67.7 Å². The van der Waals surface area contributed by atoms with E-state index in [0.717, 1.165) is 11.1 Å². The number of aliphatic hydroxyl groups excluding tert-OH is 1. The SMILES string of the molecule is CC1=C2N=C(C=C3NC(=C(C)C4=N[C@](C)([C@H]5N=C1[C@@](C)(CCC(=O)NC[C@@H](C)OP(=O)(O)O[C@H]1[C@@H](O)[C@@H](n6cnc7cc(C)c(C)cc76)O[C@@H]1COP(=O)(O)O)[C@@H]5CC(N)=O)[C@](C)(CC(N)=O)[C@@H]4CCC(N)=O)[C@](C)(CC(N)=O)[C@@H]3CCC(N)=O)C(C)(C)[C@@H]2CCC(N)=O. The molecule has 32 heteroatoms. The summed E-state index contributed by atoms with van der Waals surface area (Å²) >= 11 is 0. The summed E-state index contributed by atoms with van der Waals surface area (Å²) in [4.78, 5) is 145. The summed E-state index contributed by atoms with van der Waals surface area (Å²) in [6, 6.07) is 2.52. The molecule has 0 spiro atoms. The van der Waals surface area contributed by atoms with Gasteiger partial charge in [0.25, 0.3) is 0 Å². The van der Waals surface area contributed by atoms with E-state index in [1.165, 1.54) is 17.8 Å². The molecule has 94 heavy (non-hydrogen) atoms. The number of carbonyl (C=O) groups is 7. The quantitative estimate of drug-likeness (QED) is 0.0544. The molecule has 18 N–H and O–H groups in total. The number of phosphoric ester groups is 2. The van der Waals surface area contributed by atoms with Crippen molar-refractivity contribution in [3.05, 3.63) is 63.9 Å². The third kappa shape index (κ3) is 14.5. The van der Waals surface area contributed by atoms with Gasteiger partial charge in [-0.3, -0.25) is 62.1 Å². The number of hydrogen-bond donors (Lipinski definition) is 12. The molecule has 7 heterocycles. The number of imidazole rings is 1. The molecule has 6 aliphatic heterocycles. The first-order valence-electron chi connectivity index (χ1n) is 31.3. The summed E-state index contributed by atoms with van der Waals surface area (Å²) in [5, 5.41) is 18.0. The Bertz CT molecular complexity index is 3740. The van der Waals surface area contributed by atoms with E-state index < -0.39 is 158 Å². The van der Waals surface area contributed by atoms with Crippen LogP contribution in [0.25, 0.3) is 11.0 Å². The van der Waals surface area contributed by atoms with Crippen molar-refractivity contribution in [2.45, 2.75) is 189 Å². The number of aromatic nitrogens is 2. The van der Waals surface area contributed by atoms with Crippen molar-refractivity contribution in [3.8, 4) is 0 Å². The molecule has 0 aliphatic carbocycles. The minimum atomic E-state index is -5.26. The molecule has 8 rings (SSSR count). The lowest BCUT2D eigenvalue weighted by Crippen LogP contribution is -2.56. The number of aliphatic imine (C=N–C) groups is 3. The Morgan fingerprint density at radius 3 is 1.96 bits per heavy atom. The summed E-state index contributed by atoms with van der Waals surface area (Å²) in [5.74, 6) is -7.46. The molecule has 0 radical (unpaired) electrons. The zero-order valence-electron chi connectivity index (χ0n) is 55.0. The lowest BCUT2D eigenvalue weighted by molar-refractivity contribution is -0.124. The van der Waals surface area contributed by atoms with E-state index in [1.807, 2.05) is 67.5 Å². The molecule has 1 unspecified atom stereocenters. The van der Waals surface area contributed by atoms with Crippen LogP contribution in [0.2, 0.25) is 0 Å². The van der Waals surface area contributed by atoms with Crippen LogP contribution in [0, 0.1) is 59.2 Å². The number of primary amides is 6. The first-order chi connectivity index (χ1) is 43.5. The maximum atomic E-state index is 14.4. The Morgan fingerprint density at radius 2 is 1.37 bits per heavy atom. The van der Waals surface area contributed by atoms with E-state index in [9.17, 15) is 62.5 Å². The van der Waals surface area contributed by atoms with Crippen LogP contribution in [-0.2, 0) is 61.0 Å². The molecule has 516 valence electrons. The molecular formula is C62H91N13O17P2. The lowest BCUT2D eigenvalue weighted by atomic mass is 9.55. The number of carbonyl (C=O) groups excluding carboxylic acids is 7. The average Bonchev–Trinajstić information content (AvgIpc) is 1.53. The molecule has 6 aliphatic rings. The first kappa shape index (κ1) is 73.0. The van der Waals surface area contributed by atoms with Crippen LogP contribution in [0.1, 0.15) is 150 Å². The summed E-state index contributed by atoms with van der Waals surface area (Å²) < 4.78 is 48.9. The normalized spacial score (nSPS) is 31.4. The lowest BCUT2D eigenvalue weighted by Gasteiger charge is -2.48. The maximum Gasteiger partial charge on any atom is 0.472 e. The minimum Gasteiger partial charge on any atom is -0.386 e. The highest BCUT2D eigenvalue weighted by atomic mass is 31.2. The fraction of sp³-hybridized carbons (Fsp3) is 0.629. The van der Waals surface area contributed by atoms with Gasteiger partial charge in [-0.25, -0.2) is 14.1 Å². The van der Waals surface area contributed by atoms with Crippen molar-refractivity contribution in [2.24, 2.45) is 94.7 Å². The molecular weight excluding hydrogens is 1260 g/mol. The summed E-state index contributed by atoms with van der Waals surface area (Å²) in [5.41, 5.74) is 36.7. The fourth-order valence-corrected chi connectivity index (χ4v) is 17.1. The van der Waals surface area contributed by atoms with Crippen LogP contribution in [0.5, 0.6) is 0 Å². The van der Waals surface area contributed by atoms with E-state index in [1.54, 1.807) is 19.9 Å². The van der Waals surface area contributed by atoms with Gasteiger partial charge >= 0.3 is 15.6 Å². The molecule has 2 saturated heterocycles. The Labute approximate surface area is 544 Å². The zero-order chi connectivity index (χ0) is 69.9. The van der Waals surface area contributed by atoms with E-state index in [-0.39, 0.29) is 70.6 Å². The number of benzene rings is 1. The van der Waals surface area contributed by atoms with Gasteiger partial charge in [0, 0.05) is 131 Å². The number of aryl methyl sites for hydroxylation is 2. The molecule has 15 atom stereocenters. The predicted molar refractivity (Wildman–Crippen MR) is 345 cm³/mol. The Kier molecular flexibility index (Phi) is 20.9. The van der Waals surface area contributed by atoms with Crippen LogP contribution in [0.15, 0.2) is 67.8 Å².